The fourth-order valence-corrected chi connectivity index (χ4v) is 5.36. The first kappa shape index (κ1) is 30.7. The summed E-state index contributed by atoms with van der Waals surface area (Å²) in [4.78, 5) is 0. The van der Waals surface area contributed by atoms with Crippen LogP contribution in [0.2, 0.25) is 0 Å². The highest BCUT2D eigenvalue weighted by molar-refractivity contribution is 5.15. The second-order valence-corrected chi connectivity index (χ2v) is 10.8. The maximum absolute atomic E-state index is 11.1. The zero-order chi connectivity index (χ0) is 29.5. The van der Waals surface area contributed by atoms with Gasteiger partial charge in [0.25, 0.3) is 0 Å². The van der Waals surface area contributed by atoms with Crippen molar-refractivity contribution in [2.75, 3.05) is 0 Å². The van der Waals surface area contributed by atoms with Gasteiger partial charge in [0, 0.05) is 0 Å². The molecular weight excluding hydrogens is 540 g/mol. The standard InChI is InChI=1S/C33H40O9/c1-21-28(37-18-23-12-6-3-7-13-23)26(34)27(35)33(41-21)42-30-29(38-19-24-14-8-4-9-15-24)22(2)40-32(36)31(30)39-20-25-16-10-5-11-17-25/h3-17,21-22,26-36H,18-20H2,1-2H3/t21-,22-,26-,27+,28-,29-,30+,31+,32+,33-/m0/s1. The van der Waals surface area contributed by atoms with Crippen LogP contribution in [0.15, 0.2) is 91.0 Å². The van der Waals surface area contributed by atoms with E-state index < -0.39 is 61.4 Å². The molecule has 0 unspecified atom stereocenters. The molecular formula is C33H40O9. The minimum absolute atomic E-state index is 0.189. The number of benzene rings is 3. The normalized spacial score (nSPS) is 33.4. The number of rotatable bonds is 11. The largest absolute Gasteiger partial charge is 0.387 e. The molecule has 2 saturated heterocycles. The molecule has 2 aliphatic heterocycles. The van der Waals surface area contributed by atoms with Crippen LogP contribution in [0.5, 0.6) is 0 Å². The maximum Gasteiger partial charge on any atom is 0.187 e. The predicted octanol–water partition coefficient (Wildman–Crippen LogP) is 3.33. The van der Waals surface area contributed by atoms with E-state index in [1.807, 2.05) is 91.0 Å². The van der Waals surface area contributed by atoms with Gasteiger partial charge in [-0.05, 0) is 30.5 Å². The van der Waals surface area contributed by atoms with Crippen molar-refractivity contribution in [3.05, 3.63) is 108 Å². The molecule has 0 radical (unpaired) electrons. The molecule has 0 bridgehead atoms. The summed E-state index contributed by atoms with van der Waals surface area (Å²) >= 11 is 0. The van der Waals surface area contributed by atoms with Gasteiger partial charge in [-0.25, -0.2) is 0 Å². The first-order chi connectivity index (χ1) is 20.4. The Hall–Kier alpha value is -2.70. The summed E-state index contributed by atoms with van der Waals surface area (Å²) in [6.07, 6.45) is -9.80. The van der Waals surface area contributed by atoms with Gasteiger partial charge in [0.2, 0.25) is 0 Å². The number of aliphatic hydroxyl groups excluding tert-OH is 3. The van der Waals surface area contributed by atoms with Gasteiger partial charge in [0.05, 0.1) is 32.0 Å². The van der Waals surface area contributed by atoms with Crippen molar-refractivity contribution in [3.8, 4) is 0 Å². The summed E-state index contributed by atoms with van der Waals surface area (Å²) < 4.78 is 36.7. The molecule has 0 saturated carbocycles. The minimum atomic E-state index is -1.43. The molecule has 9 nitrogen and oxygen atoms in total. The molecule has 5 rings (SSSR count). The van der Waals surface area contributed by atoms with Crippen LogP contribution in [0.1, 0.15) is 30.5 Å². The maximum atomic E-state index is 11.1. The van der Waals surface area contributed by atoms with Crippen LogP contribution in [-0.4, -0.2) is 76.7 Å². The molecule has 9 heteroatoms. The van der Waals surface area contributed by atoms with Crippen molar-refractivity contribution < 1.29 is 43.7 Å². The van der Waals surface area contributed by atoms with Gasteiger partial charge in [-0.2, -0.15) is 0 Å². The van der Waals surface area contributed by atoms with Crippen LogP contribution in [0.25, 0.3) is 0 Å². The molecule has 3 aromatic carbocycles. The van der Waals surface area contributed by atoms with Gasteiger partial charge in [0.1, 0.15) is 36.6 Å². The van der Waals surface area contributed by atoms with Gasteiger partial charge in [-0.3, -0.25) is 0 Å². The average Bonchev–Trinajstić information content (AvgIpc) is 3.00. The highest BCUT2D eigenvalue weighted by Gasteiger charge is 2.51. The minimum Gasteiger partial charge on any atom is -0.387 e. The van der Waals surface area contributed by atoms with Crippen LogP contribution < -0.4 is 0 Å². The Bertz CT molecular complexity index is 1140. The van der Waals surface area contributed by atoms with Crippen molar-refractivity contribution in [3.63, 3.8) is 0 Å². The molecule has 3 N–H and O–H groups in total. The molecule has 2 fully saturated rings. The zero-order valence-corrected chi connectivity index (χ0v) is 23.8. The third-order valence-electron chi connectivity index (χ3n) is 7.67. The van der Waals surface area contributed by atoms with E-state index in [0.717, 1.165) is 16.7 Å². The van der Waals surface area contributed by atoms with E-state index in [1.54, 1.807) is 13.8 Å². The van der Waals surface area contributed by atoms with Crippen LogP contribution in [-0.2, 0) is 48.2 Å². The Morgan fingerprint density at radius 2 is 0.952 bits per heavy atom. The predicted molar refractivity (Wildman–Crippen MR) is 153 cm³/mol. The second-order valence-electron chi connectivity index (χ2n) is 10.8. The Morgan fingerprint density at radius 1 is 0.524 bits per heavy atom. The molecule has 2 heterocycles. The molecule has 42 heavy (non-hydrogen) atoms. The van der Waals surface area contributed by atoms with Gasteiger partial charge < -0.3 is 43.7 Å². The topological polar surface area (TPSA) is 116 Å². The lowest BCUT2D eigenvalue weighted by Crippen LogP contribution is -2.64. The first-order valence-electron chi connectivity index (χ1n) is 14.4. The van der Waals surface area contributed by atoms with E-state index in [-0.39, 0.29) is 19.8 Å². The van der Waals surface area contributed by atoms with Crippen molar-refractivity contribution in [2.45, 2.75) is 95.1 Å². The van der Waals surface area contributed by atoms with Crippen LogP contribution in [0, 0.1) is 0 Å². The molecule has 0 aliphatic carbocycles. The van der Waals surface area contributed by atoms with E-state index in [2.05, 4.69) is 0 Å². The number of hydrogen-bond donors (Lipinski definition) is 3. The highest BCUT2D eigenvalue weighted by atomic mass is 16.7. The summed E-state index contributed by atoms with van der Waals surface area (Å²) in [5, 5.41) is 33.1. The average molecular weight is 581 g/mol. The molecule has 3 aromatic rings. The number of hydrogen-bond acceptors (Lipinski definition) is 9. The Morgan fingerprint density at radius 3 is 1.45 bits per heavy atom. The van der Waals surface area contributed by atoms with E-state index in [9.17, 15) is 15.3 Å². The lowest BCUT2D eigenvalue weighted by molar-refractivity contribution is -0.361. The SMILES string of the molecule is C[C@@H]1O[C@@H](O[C@@H]2[C@@H](OCc3ccccc3)[C@H](C)O[C@@H](O)[C@@H]2OCc2ccccc2)[C@H](O)[C@H](O)[C@H]1OCc1ccccc1. The highest BCUT2D eigenvalue weighted by Crippen LogP contribution is 2.33. The zero-order valence-electron chi connectivity index (χ0n) is 23.8. The van der Waals surface area contributed by atoms with E-state index in [0.29, 0.717) is 0 Å². The van der Waals surface area contributed by atoms with Gasteiger partial charge in [-0.15, -0.1) is 0 Å². The molecule has 0 aromatic heterocycles. The summed E-state index contributed by atoms with van der Waals surface area (Å²) in [6, 6.07) is 28.8. The van der Waals surface area contributed by atoms with Crippen molar-refractivity contribution in [1.82, 2.24) is 0 Å². The summed E-state index contributed by atoms with van der Waals surface area (Å²) in [6.45, 7) is 4.25. The van der Waals surface area contributed by atoms with Crippen molar-refractivity contribution >= 4 is 0 Å². The fraction of sp³-hybridized carbons (Fsp3) is 0.455. The molecule has 10 atom stereocenters. The molecule has 0 amide bonds. The lowest BCUT2D eigenvalue weighted by atomic mass is 9.97. The van der Waals surface area contributed by atoms with Gasteiger partial charge >= 0.3 is 0 Å². The van der Waals surface area contributed by atoms with Crippen LogP contribution >= 0.6 is 0 Å². The fourth-order valence-electron chi connectivity index (χ4n) is 5.36. The van der Waals surface area contributed by atoms with Crippen LogP contribution in [0.3, 0.4) is 0 Å². The quantitative estimate of drug-likeness (QED) is 0.314. The van der Waals surface area contributed by atoms with E-state index in [4.69, 9.17) is 28.4 Å². The lowest BCUT2D eigenvalue weighted by Gasteiger charge is -2.47. The Balaban J connectivity index is 1.32. The van der Waals surface area contributed by atoms with E-state index >= 15 is 0 Å². The third kappa shape index (κ3) is 7.62. The van der Waals surface area contributed by atoms with Gasteiger partial charge in [-0.1, -0.05) is 91.0 Å². The van der Waals surface area contributed by atoms with Crippen molar-refractivity contribution in [2.24, 2.45) is 0 Å². The van der Waals surface area contributed by atoms with E-state index in [1.165, 1.54) is 0 Å². The van der Waals surface area contributed by atoms with Crippen LogP contribution in [0.4, 0.5) is 0 Å². The molecule has 226 valence electrons. The third-order valence-corrected chi connectivity index (χ3v) is 7.67. The molecule has 0 spiro atoms. The molecule has 2 aliphatic rings. The Kier molecular flexibility index (Phi) is 10.7. The van der Waals surface area contributed by atoms with Gasteiger partial charge in [0.15, 0.2) is 12.6 Å². The van der Waals surface area contributed by atoms with Crippen molar-refractivity contribution in [1.29, 1.82) is 0 Å². The summed E-state index contributed by atoms with van der Waals surface area (Å²) in [7, 11) is 0. The number of ether oxygens (including phenoxy) is 6. The summed E-state index contributed by atoms with van der Waals surface area (Å²) in [5.41, 5.74) is 2.79. The number of aliphatic hydroxyl groups is 3. The first-order valence-corrected chi connectivity index (χ1v) is 14.4. The monoisotopic (exact) mass is 580 g/mol. The summed E-state index contributed by atoms with van der Waals surface area (Å²) in [5.74, 6) is 0. The smallest absolute Gasteiger partial charge is 0.187 e. The Labute approximate surface area is 246 Å². The second kappa shape index (κ2) is 14.7.